The van der Waals surface area contributed by atoms with Gasteiger partial charge in [-0.2, -0.15) is 0 Å². The molecule has 0 saturated heterocycles. The Morgan fingerprint density at radius 1 is 1.29 bits per heavy atom. The molecule has 0 heterocycles. The topological polar surface area (TPSA) is 26.3 Å². The molecule has 0 aromatic heterocycles. The zero-order valence-corrected chi connectivity index (χ0v) is 10.4. The van der Waals surface area contributed by atoms with Crippen LogP contribution in [0.3, 0.4) is 0 Å². The maximum absolute atomic E-state index is 11.4. The summed E-state index contributed by atoms with van der Waals surface area (Å²) in [4.78, 5) is 11.4. The zero-order valence-electron chi connectivity index (χ0n) is 10.4. The summed E-state index contributed by atoms with van der Waals surface area (Å²) in [7, 11) is 0. The van der Waals surface area contributed by atoms with Gasteiger partial charge >= 0.3 is 5.97 Å². The maximum Gasteiger partial charge on any atom is 0.306 e. The molecule has 17 heavy (non-hydrogen) atoms. The van der Waals surface area contributed by atoms with Crippen molar-refractivity contribution in [2.75, 3.05) is 0 Å². The molecule has 0 aliphatic heterocycles. The van der Waals surface area contributed by atoms with E-state index in [1.54, 1.807) is 6.08 Å². The van der Waals surface area contributed by atoms with Gasteiger partial charge in [0.2, 0.25) is 0 Å². The molecule has 0 aliphatic carbocycles. The molecule has 0 saturated carbocycles. The lowest BCUT2D eigenvalue weighted by Gasteiger charge is -2.05. The first kappa shape index (κ1) is 13.5. The van der Waals surface area contributed by atoms with Crippen molar-refractivity contribution >= 4 is 12.0 Å². The summed E-state index contributed by atoms with van der Waals surface area (Å²) in [6.45, 7) is 6.17. The Bertz CT molecular complexity index is 352. The fourth-order valence-electron chi connectivity index (χ4n) is 1.51. The van der Waals surface area contributed by atoms with Crippen molar-refractivity contribution in [3.63, 3.8) is 0 Å². The number of esters is 1. The van der Waals surface area contributed by atoms with E-state index in [9.17, 15) is 4.79 Å². The summed E-state index contributed by atoms with van der Waals surface area (Å²) in [5.41, 5.74) is 2.09. The maximum atomic E-state index is 11.4. The quantitative estimate of drug-likeness (QED) is 0.525. The van der Waals surface area contributed by atoms with Crippen molar-refractivity contribution in [2.24, 2.45) is 0 Å². The highest BCUT2D eigenvalue weighted by Crippen LogP contribution is 2.08. The van der Waals surface area contributed by atoms with Crippen LogP contribution in [0.25, 0.3) is 6.08 Å². The lowest BCUT2D eigenvalue weighted by molar-refractivity contribution is -0.145. The van der Waals surface area contributed by atoms with Gasteiger partial charge in [0, 0.05) is 6.42 Å². The largest absolute Gasteiger partial charge is 0.461 e. The molecule has 0 fully saturated rings. The van der Waals surface area contributed by atoms with Crippen LogP contribution >= 0.6 is 0 Å². The number of hydrogen-bond acceptors (Lipinski definition) is 2. The van der Waals surface area contributed by atoms with Crippen LogP contribution in [0.15, 0.2) is 30.8 Å². The minimum atomic E-state index is -0.105. The second-order valence-electron chi connectivity index (χ2n) is 4.06. The van der Waals surface area contributed by atoms with Crippen molar-refractivity contribution in [2.45, 2.75) is 39.2 Å². The summed E-state index contributed by atoms with van der Waals surface area (Å²) in [5.74, 6) is -0.105. The first-order chi connectivity index (χ1) is 8.26. The molecule has 0 spiro atoms. The third-order valence-electron chi connectivity index (χ3n) is 2.60. The highest BCUT2D eigenvalue weighted by molar-refractivity contribution is 5.69. The third-order valence-corrected chi connectivity index (χ3v) is 2.60. The Morgan fingerprint density at radius 2 is 2.00 bits per heavy atom. The van der Waals surface area contributed by atoms with E-state index in [2.05, 4.69) is 13.5 Å². The molecule has 0 bridgehead atoms. The van der Waals surface area contributed by atoms with Crippen molar-refractivity contribution < 1.29 is 9.53 Å². The molecule has 1 aromatic carbocycles. The van der Waals surface area contributed by atoms with Gasteiger partial charge < -0.3 is 4.74 Å². The molecule has 0 unspecified atom stereocenters. The normalized spacial score (nSPS) is 9.94. The molecule has 0 amide bonds. The van der Waals surface area contributed by atoms with Crippen molar-refractivity contribution in [3.05, 3.63) is 42.0 Å². The van der Waals surface area contributed by atoms with Gasteiger partial charge in [0.1, 0.15) is 6.61 Å². The Balaban J connectivity index is 2.29. The molecular weight excluding hydrogens is 212 g/mol. The van der Waals surface area contributed by atoms with E-state index in [-0.39, 0.29) is 5.97 Å². The SMILES string of the molecule is C=Cc1ccc(COC(=O)CCCCC)cc1. The summed E-state index contributed by atoms with van der Waals surface area (Å²) in [5, 5.41) is 0. The molecule has 0 atom stereocenters. The van der Waals surface area contributed by atoms with Crippen LogP contribution < -0.4 is 0 Å². The summed E-state index contributed by atoms with van der Waals surface area (Å²) in [6, 6.07) is 7.84. The minimum Gasteiger partial charge on any atom is -0.461 e. The molecular formula is C15H20O2. The number of ether oxygens (including phenoxy) is 1. The minimum absolute atomic E-state index is 0.105. The number of carbonyl (C=O) groups excluding carboxylic acids is 1. The fourth-order valence-corrected chi connectivity index (χ4v) is 1.51. The Kier molecular flexibility index (Phi) is 6.08. The summed E-state index contributed by atoms with van der Waals surface area (Å²) < 4.78 is 5.18. The van der Waals surface area contributed by atoms with Crippen LogP contribution in [0.5, 0.6) is 0 Å². The monoisotopic (exact) mass is 232 g/mol. The molecule has 1 aromatic rings. The first-order valence-electron chi connectivity index (χ1n) is 6.13. The van der Waals surface area contributed by atoms with Crippen LogP contribution in [0.2, 0.25) is 0 Å². The van der Waals surface area contributed by atoms with Crippen molar-refractivity contribution in [3.8, 4) is 0 Å². The van der Waals surface area contributed by atoms with Crippen LogP contribution in [0.1, 0.15) is 43.7 Å². The third kappa shape index (κ3) is 5.34. The van der Waals surface area contributed by atoms with E-state index in [0.717, 1.165) is 30.4 Å². The van der Waals surface area contributed by atoms with Crippen molar-refractivity contribution in [1.29, 1.82) is 0 Å². The Morgan fingerprint density at radius 3 is 2.59 bits per heavy atom. The standard InChI is InChI=1S/C15H20O2/c1-3-5-6-7-15(16)17-12-14-10-8-13(4-2)9-11-14/h4,8-11H,2-3,5-7,12H2,1H3. The van der Waals surface area contributed by atoms with Crippen LogP contribution in [0, 0.1) is 0 Å². The predicted molar refractivity (Wildman–Crippen MR) is 70.5 cm³/mol. The molecule has 0 aliphatic rings. The predicted octanol–water partition coefficient (Wildman–Crippen LogP) is 3.95. The number of hydrogen-bond donors (Lipinski definition) is 0. The van der Waals surface area contributed by atoms with E-state index in [0.29, 0.717) is 13.0 Å². The molecule has 0 N–H and O–H groups in total. The Hall–Kier alpha value is -1.57. The van der Waals surface area contributed by atoms with E-state index >= 15 is 0 Å². The van der Waals surface area contributed by atoms with Crippen molar-refractivity contribution in [1.82, 2.24) is 0 Å². The summed E-state index contributed by atoms with van der Waals surface area (Å²) in [6.07, 6.45) is 5.45. The number of carbonyl (C=O) groups is 1. The van der Waals surface area contributed by atoms with E-state index in [4.69, 9.17) is 4.74 Å². The van der Waals surface area contributed by atoms with Gasteiger partial charge in [-0.05, 0) is 17.5 Å². The second-order valence-corrected chi connectivity index (χ2v) is 4.06. The van der Waals surface area contributed by atoms with Crippen LogP contribution in [-0.4, -0.2) is 5.97 Å². The average molecular weight is 232 g/mol. The zero-order chi connectivity index (χ0) is 12.5. The smallest absolute Gasteiger partial charge is 0.306 e. The first-order valence-corrected chi connectivity index (χ1v) is 6.13. The lowest BCUT2D eigenvalue weighted by Crippen LogP contribution is -2.04. The Labute approximate surface area is 103 Å². The highest BCUT2D eigenvalue weighted by atomic mass is 16.5. The highest BCUT2D eigenvalue weighted by Gasteiger charge is 2.02. The van der Waals surface area contributed by atoms with E-state index in [1.807, 2.05) is 24.3 Å². The molecule has 2 nitrogen and oxygen atoms in total. The van der Waals surface area contributed by atoms with E-state index in [1.165, 1.54) is 0 Å². The molecule has 2 heteroatoms. The lowest BCUT2D eigenvalue weighted by atomic mass is 10.1. The van der Waals surface area contributed by atoms with Gasteiger partial charge in [-0.3, -0.25) is 4.79 Å². The van der Waals surface area contributed by atoms with Gasteiger partial charge in [-0.1, -0.05) is 56.7 Å². The molecule has 92 valence electrons. The second kappa shape index (κ2) is 7.66. The van der Waals surface area contributed by atoms with Crippen LogP contribution in [-0.2, 0) is 16.1 Å². The average Bonchev–Trinajstić information content (AvgIpc) is 2.37. The molecule has 0 radical (unpaired) electrons. The number of unbranched alkanes of at least 4 members (excludes halogenated alkanes) is 2. The van der Waals surface area contributed by atoms with Gasteiger partial charge in [-0.15, -0.1) is 0 Å². The van der Waals surface area contributed by atoms with Gasteiger partial charge in [0.15, 0.2) is 0 Å². The van der Waals surface area contributed by atoms with E-state index < -0.39 is 0 Å². The van der Waals surface area contributed by atoms with Gasteiger partial charge in [0.25, 0.3) is 0 Å². The number of benzene rings is 1. The van der Waals surface area contributed by atoms with Gasteiger partial charge in [0.05, 0.1) is 0 Å². The van der Waals surface area contributed by atoms with Crippen LogP contribution in [0.4, 0.5) is 0 Å². The fraction of sp³-hybridized carbons (Fsp3) is 0.400. The molecule has 1 rings (SSSR count). The summed E-state index contributed by atoms with van der Waals surface area (Å²) >= 11 is 0. The number of rotatable bonds is 7. The van der Waals surface area contributed by atoms with Gasteiger partial charge in [-0.25, -0.2) is 0 Å².